The number of anilines is 2. The number of carbonyl (C=O) groups is 2. The molecule has 2 heterocycles. The SMILES string of the molecule is C=CC(=O)Nc1cccc(-n2c(NC(=O)c3ccco3)nc3cc(CNC4CCC(O)CC4)ccc32)c1. The van der Waals surface area contributed by atoms with Crippen molar-refractivity contribution >= 4 is 34.5 Å². The number of furan rings is 1. The summed E-state index contributed by atoms with van der Waals surface area (Å²) in [4.78, 5) is 29.4. The van der Waals surface area contributed by atoms with Crippen molar-refractivity contribution in [1.82, 2.24) is 14.9 Å². The number of aromatic nitrogens is 2. The van der Waals surface area contributed by atoms with Gasteiger partial charge in [0.25, 0.3) is 5.91 Å². The molecule has 0 unspecified atom stereocenters. The lowest BCUT2D eigenvalue weighted by Gasteiger charge is -2.26. The van der Waals surface area contributed by atoms with Gasteiger partial charge in [-0.2, -0.15) is 0 Å². The average Bonchev–Trinajstić information content (AvgIpc) is 3.56. The van der Waals surface area contributed by atoms with Crippen LogP contribution in [0.1, 0.15) is 41.8 Å². The first-order chi connectivity index (χ1) is 18.0. The van der Waals surface area contributed by atoms with Gasteiger partial charge in [0.2, 0.25) is 11.9 Å². The Morgan fingerprint density at radius 2 is 1.92 bits per heavy atom. The molecule has 0 spiro atoms. The predicted molar refractivity (Wildman–Crippen MR) is 142 cm³/mol. The fourth-order valence-electron chi connectivity index (χ4n) is 4.61. The summed E-state index contributed by atoms with van der Waals surface area (Å²) < 4.78 is 7.08. The molecule has 190 valence electrons. The molecule has 0 atom stereocenters. The van der Waals surface area contributed by atoms with Crippen LogP contribution in [0, 0.1) is 0 Å². The van der Waals surface area contributed by atoms with E-state index in [9.17, 15) is 14.7 Å². The highest BCUT2D eigenvalue weighted by Crippen LogP contribution is 2.28. The largest absolute Gasteiger partial charge is 0.459 e. The lowest BCUT2D eigenvalue weighted by molar-refractivity contribution is -0.111. The van der Waals surface area contributed by atoms with E-state index >= 15 is 0 Å². The summed E-state index contributed by atoms with van der Waals surface area (Å²) in [5.74, 6) is -0.231. The number of aliphatic hydroxyl groups excluding tert-OH is 1. The van der Waals surface area contributed by atoms with Crippen LogP contribution >= 0.6 is 0 Å². The second-order valence-corrected chi connectivity index (χ2v) is 9.16. The molecule has 37 heavy (non-hydrogen) atoms. The van der Waals surface area contributed by atoms with Crippen LogP contribution in [0.2, 0.25) is 0 Å². The summed E-state index contributed by atoms with van der Waals surface area (Å²) in [5.41, 5.74) is 3.89. The van der Waals surface area contributed by atoms with Crippen LogP contribution in [0.25, 0.3) is 16.7 Å². The van der Waals surface area contributed by atoms with E-state index in [0.717, 1.165) is 36.8 Å². The second kappa shape index (κ2) is 10.8. The third kappa shape index (κ3) is 5.63. The molecule has 1 saturated carbocycles. The maximum atomic E-state index is 12.8. The molecule has 4 N–H and O–H groups in total. The number of amides is 2. The van der Waals surface area contributed by atoms with Gasteiger partial charge in [0, 0.05) is 18.3 Å². The van der Waals surface area contributed by atoms with E-state index in [4.69, 9.17) is 9.40 Å². The number of aliphatic hydroxyl groups is 1. The zero-order valence-corrected chi connectivity index (χ0v) is 20.3. The van der Waals surface area contributed by atoms with Gasteiger partial charge in [-0.05, 0) is 79.8 Å². The second-order valence-electron chi connectivity index (χ2n) is 9.16. The standard InChI is InChI=1S/C28H29N5O4/c1-2-26(35)30-20-5-3-6-21(16-20)33-24-13-8-18(17-29-19-9-11-22(34)12-10-19)15-23(24)31-28(33)32-27(36)25-7-4-14-37-25/h2-8,13-16,19,22,29,34H,1,9-12,17H2,(H,30,35)(H,31,32,36). The van der Waals surface area contributed by atoms with Crippen LogP contribution in [0.5, 0.6) is 0 Å². The number of carbonyl (C=O) groups excluding carboxylic acids is 2. The van der Waals surface area contributed by atoms with E-state index < -0.39 is 5.91 Å². The molecule has 2 aromatic carbocycles. The highest BCUT2D eigenvalue weighted by molar-refractivity contribution is 6.02. The molecule has 9 nitrogen and oxygen atoms in total. The number of hydrogen-bond donors (Lipinski definition) is 4. The Labute approximate surface area is 214 Å². The predicted octanol–water partition coefficient (Wildman–Crippen LogP) is 4.39. The van der Waals surface area contributed by atoms with Crippen LogP contribution in [0.4, 0.5) is 11.6 Å². The van der Waals surface area contributed by atoms with Crippen LogP contribution in [-0.2, 0) is 11.3 Å². The number of nitrogens with zero attached hydrogens (tertiary/aromatic N) is 2. The molecule has 0 radical (unpaired) electrons. The van der Waals surface area contributed by atoms with Gasteiger partial charge < -0.3 is 20.2 Å². The van der Waals surface area contributed by atoms with E-state index in [1.54, 1.807) is 24.3 Å². The van der Waals surface area contributed by atoms with Gasteiger partial charge in [-0.1, -0.05) is 18.7 Å². The van der Waals surface area contributed by atoms with Crippen molar-refractivity contribution in [3.63, 3.8) is 0 Å². The fourth-order valence-corrected chi connectivity index (χ4v) is 4.61. The number of imidazole rings is 1. The van der Waals surface area contributed by atoms with Crippen molar-refractivity contribution in [2.24, 2.45) is 0 Å². The monoisotopic (exact) mass is 499 g/mol. The molecule has 1 fully saturated rings. The normalized spacial score (nSPS) is 17.4. The number of benzene rings is 2. The van der Waals surface area contributed by atoms with Crippen molar-refractivity contribution in [2.45, 2.75) is 44.4 Å². The summed E-state index contributed by atoms with van der Waals surface area (Å²) >= 11 is 0. The molecule has 1 aliphatic rings. The Bertz CT molecular complexity index is 1420. The van der Waals surface area contributed by atoms with Crippen molar-refractivity contribution in [2.75, 3.05) is 10.6 Å². The minimum absolute atomic E-state index is 0.174. The van der Waals surface area contributed by atoms with E-state index in [1.807, 2.05) is 34.9 Å². The maximum Gasteiger partial charge on any atom is 0.293 e. The van der Waals surface area contributed by atoms with Gasteiger partial charge in [0.1, 0.15) is 0 Å². The smallest absolute Gasteiger partial charge is 0.293 e. The van der Waals surface area contributed by atoms with E-state index in [2.05, 4.69) is 22.5 Å². The summed E-state index contributed by atoms with van der Waals surface area (Å²) in [6, 6.07) is 16.9. The summed E-state index contributed by atoms with van der Waals surface area (Å²) in [5, 5.41) is 19.0. The Morgan fingerprint density at radius 3 is 2.68 bits per heavy atom. The van der Waals surface area contributed by atoms with Gasteiger partial charge in [-0.15, -0.1) is 0 Å². The maximum absolute atomic E-state index is 12.8. The van der Waals surface area contributed by atoms with Crippen LogP contribution in [-0.4, -0.2) is 38.6 Å². The zero-order valence-electron chi connectivity index (χ0n) is 20.3. The topological polar surface area (TPSA) is 121 Å². The quantitative estimate of drug-likeness (QED) is 0.267. The van der Waals surface area contributed by atoms with Gasteiger partial charge >= 0.3 is 0 Å². The zero-order chi connectivity index (χ0) is 25.8. The summed E-state index contributed by atoms with van der Waals surface area (Å²) in [6.45, 7) is 4.18. The molecule has 2 aromatic heterocycles. The van der Waals surface area contributed by atoms with Crippen LogP contribution < -0.4 is 16.0 Å². The third-order valence-electron chi connectivity index (χ3n) is 6.54. The van der Waals surface area contributed by atoms with Gasteiger partial charge in [-0.25, -0.2) is 4.98 Å². The molecule has 5 rings (SSSR count). The van der Waals surface area contributed by atoms with E-state index in [-0.39, 0.29) is 17.8 Å². The number of rotatable bonds is 8. The molecule has 0 aliphatic heterocycles. The van der Waals surface area contributed by atoms with Gasteiger partial charge in [0.05, 0.1) is 29.1 Å². The molecule has 1 aliphatic carbocycles. The Balaban J connectivity index is 1.47. The fraction of sp³-hybridized carbons (Fsp3) is 0.250. The van der Waals surface area contributed by atoms with Crippen LogP contribution in [0.15, 0.2) is 77.9 Å². The van der Waals surface area contributed by atoms with Crippen molar-refractivity contribution in [3.8, 4) is 5.69 Å². The first-order valence-corrected chi connectivity index (χ1v) is 12.3. The molecule has 0 saturated heterocycles. The molecule has 2 amide bonds. The van der Waals surface area contributed by atoms with Crippen molar-refractivity contribution < 1.29 is 19.1 Å². The molecular weight excluding hydrogens is 470 g/mol. The number of fused-ring (bicyclic) bond motifs is 1. The van der Waals surface area contributed by atoms with E-state index in [1.165, 1.54) is 12.3 Å². The van der Waals surface area contributed by atoms with Crippen molar-refractivity contribution in [3.05, 3.63) is 84.8 Å². The average molecular weight is 500 g/mol. The van der Waals surface area contributed by atoms with Gasteiger partial charge in [-0.3, -0.25) is 19.5 Å². The highest BCUT2D eigenvalue weighted by Gasteiger charge is 2.20. The lowest BCUT2D eigenvalue weighted by Crippen LogP contribution is -2.34. The minimum Gasteiger partial charge on any atom is -0.459 e. The van der Waals surface area contributed by atoms with Crippen molar-refractivity contribution in [1.29, 1.82) is 0 Å². The Morgan fingerprint density at radius 1 is 1.08 bits per heavy atom. The molecule has 0 bridgehead atoms. The third-order valence-corrected chi connectivity index (χ3v) is 6.54. The highest BCUT2D eigenvalue weighted by atomic mass is 16.3. The first kappa shape index (κ1) is 24.5. The van der Waals surface area contributed by atoms with E-state index in [0.29, 0.717) is 35.4 Å². The minimum atomic E-state index is -0.418. The Kier molecular flexibility index (Phi) is 7.16. The lowest BCUT2D eigenvalue weighted by atomic mass is 9.93. The van der Waals surface area contributed by atoms with Crippen LogP contribution in [0.3, 0.4) is 0 Å². The Hall–Kier alpha value is -4.21. The van der Waals surface area contributed by atoms with Gasteiger partial charge in [0.15, 0.2) is 5.76 Å². The summed E-state index contributed by atoms with van der Waals surface area (Å²) in [6.07, 6.45) is 6.03. The number of hydrogen-bond acceptors (Lipinski definition) is 6. The first-order valence-electron chi connectivity index (χ1n) is 12.3. The molecule has 9 heteroatoms. The number of nitrogens with one attached hydrogen (secondary N) is 3. The molecular formula is C28H29N5O4. The molecule has 4 aromatic rings. The summed E-state index contributed by atoms with van der Waals surface area (Å²) in [7, 11) is 0.